The van der Waals surface area contributed by atoms with Gasteiger partial charge >= 0.3 is 0 Å². The Kier molecular flexibility index (Phi) is 6.39. The molecule has 1 fully saturated rings. The number of anilines is 2. The van der Waals surface area contributed by atoms with E-state index in [1.165, 1.54) is 16.7 Å². The number of amides is 3. The number of rotatable bonds is 6. The van der Waals surface area contributed by atoms with Crippen LogP contribution in [-0.4, -0.2) is 23.0 Å². The second-order valence-electron chi connectivity index (χ2n) is 7.09. The van der Waals surface area contributed by atoms with Gasteiger partial charge in [-0.25, -0.2) is 4.90 Å². The first kappa shape index (κ1) is 21.2. The normalized spacial score (nSPS) is 15.9. The van der Waals surface area contributed by atoms with E-state index in [0.717, 1.165) is 10.5 Å². The van der Waals surface area contributed by atoms with E-state index >= 15 is 0 Å². The van der Waals surface area contributed by atoms with Gasteiger partial charge in [-0.15, -0.1) is 11.8 Å². The molecule has 0 aromatic heterocycles. The molecule has 0 saturated carbocycles. The molecule has 1 unspecified atom stereocenters. The first-order valence-corrected chi connectivity index (χ1v) is 11.0. The minimum Gasteiger partial charge on any atom is -0.326 e. The second kappa shape index (κ2) is 9.37. The molecule has 0 radical (unpaired) electrons. The molecule has 0 bridgehead atoms. The number of nitrogens with one attached hydrogen (secondary N) is 1. The Hall–Kier alpha value is -3.09. The van der Waals surface area contributed by atoms with Crippen molar-refractivity contribution in [1.29, 1.82) is 0 Å². The van der Waals surface area contributed by atoms with Crippen LogP contribution in [0.25, 0.3) is 0 Å². The quantitative estimate of drug-likeness (QED) is 0.540. The summed E-state index contributed by atoms with van der Waals surface area (Å²) in [6, 6.07) is 23.4. The Labute approximate surface area is 189 Å². The van der Waals surface area contributed by atoms with Crippen LogP contribution in [0.5, 0.6) is 0 Å². The van der Waals surface area contributed by atoms with Gasteiger partial charge in [-0.2, -0.15) is 0 Å². The zero-order valence-electron chi connectivity index (χ0n) is 16.5. The zero-order valence-corrected chi connectivity index (χ0v) is 18.0. The van der Waals surface area contributed by atoms with Gasteiger partial charge in [0.15, 0.2) is 0 Å². The average molecular weight is 451 g/mol. The highest BCUT2D eigenvalue weighted by molar-refractivity contribution is 8.00. The molecule has 7 heteroatoms. The summed E-state index contributed by atoms with van der Waals surface area (Å²) in [6.07, 6.45) is 0.416. The van der Waals surface area contributed by atoms with Crippen LogP contribution in [0.2, 0.25) is 5.02 Å². The number of thioether (sulfide) groups is 1. The minimum absolute atomic E-state index is 0.127. The van der Waals surface area contributed by atoms with Gasteiger partial charge in [0, 0.05) is 22.0 Å². The summed E-state index contributed by atoms with van der Waals surface area (Å²) in [7, 11) is 0. The summed E-state index contributed by atoms with van der Waals surface area (Å²) in [4.78, 5) is 39.5. The lowest BCUT2D eigenvalue weighted by Gasteiger charge is -2.14. The third-order valence-electron chi connectivity index (χ3n) is 4.81. The van der Waals surface area contributed by atoms with Gasteiger partial charge in [0.05, 0.1) is 17.4 Å². The number of nitrogens with zero attached hydrogens (tertiary/aromatic N) is 1. The molecular formula is C24H19ClN2O3S. The zero-order chi connectivity index (χ0) is 21.8. The first-order chi connectivity index (χ1) is 15.0. The van der Waals surface area contributed by atoms with E-state index in [2.05, 4.69) is 5.32 Å². The van der Waals surface area contributed by atoms with E-state index in [9.17, 15) is 14.4 Å². The van der Waals surface area contributed by atoms with Gasteiger partial charge in [0.2, 0.25) is 17.7 Å². The number of carbonyl (C=O) groups excluding carboxylic acids is 3. The van der Waals surface area contributed by atoms with Gasteiger partial charge in [-0.3, -0.25) is 14.4 Å². The third-order valence-corrected chi connectivity index (χ3v) is 6.26. The van der Waals surface area contributed by atoms with E-state index in [4.69, 9.17) is 11.6 Å². The number of para-hydroxylation sites is 1. The van der Waals surface area contributed by atoms with Crippen LogP contribution in [-0.2, 0) is 20.8 Å². The molecule has 3 aromatic rings. The summed E-state index contributed by atoms with van der Waals surface area (Å²) in [5.74, 6) is -0.529. The minimum atomic E-state index is -0.460. The molecule has 1 heterocycles. The Bertz CT molecular complexity index is 1100. The molecule has 5 nitrogen and oxygen atoms in total. The van der Waals surface area contributed by atoms with Gasteiger partial charge in [-0.05, 0) is 54.1 Å². The molecule has 1 N–H and O–H groups in total. The van der Waals surface area contributed by atoms with E-state index < -0.39 is 5.25 Å². The van der Waals surface area contributed by atoms with Crippen molar-refractivity contribution in [2.45, 2.75) is 23.0 Å². The first-order valence-electron chi connectivity index (χ1n) is 9.72. The summed E-state index contributed by atoms with van der Waals surface area (Å²) < 4.78 is 0. The monoisotopic (exact) mass is 450 g/mol. The van der Waals surface area contributed by atoms with Crippen molar-refractivity contribution in [2.75, 3.05) is 10.2 Å². The number of imide groups is 1. The lowest BCUT2D eigenvalue weighted by Crippen LogP contribution is -2.30. The number of hydrogen-bond donors (Lipinski definition) is 1. The summed E-state index contributed by atoms with van der Waals surface area (Å²) in [5.41, 5.74) is 2.14. The van der Waals surface area contributed by atoms with Crippen molar-refractivity contribution in [3.8, 4) is 0 Å². The van der Waals surface area contributed by atoms with Gasteiger partial charge < -0.3 is 5.32 Å². The van der Waals surface area contributed by atoms with Crippen molar-refractivity contribution >= 4 is 52.5 Å². The van der Waals surface area contributed by atoms with Crippen molar-refractivity contribution in [2.24, 2.45) is 0 Å². The SMILES string of the molecule is O=C(Cc1ccc(Cl)cc1)Nc1ccc(SC2CC(=O)N(c3ccccc3)C2=O)cc1. The fraction of sp³-hybridized carbons (Fsp3) is 0.125. The fourth-order valence-electron chi connectivity index (χ4n) is 3.32. The molecule has 1 aliphatic rings. The maximum absolute atomic E-state index is 12.7. The van der Waals surface area contributed by atoms with Crippen LogP contribution in [0.4, 0.5) is 11.4 Å². The maximum Gasteiger partial charge on any atom is 0.247 e. The second-order valence-corrected chi connectivity index (χ2v) is 8.80. The summed E-state index contributed by atoms with van der Waals surface area (Å²) in [5, 5.41) is 3.03. The molecular weight excluding hydrogens is 432 g/mol. The van der Waals surface area contributed by atoms with E-state index in [1.54, 1.807) is 48.5 Å². The number of carbonyl (C=O) groups is 3. The highest BCUT2D eigenvalue weighted by Gasteiger charge is 2.40. The maximum atomic E-state index is 12.7. The summed E-state index contributed by atoms with van der Waals surface area (Å²) in [6.45, 7) is 0. The Morgan fingerprint density at radius 3 is 2.32 bits per heavy atom. The topological polar surface area (TPSA) is 66.5 Å². The molecule has 3 aromatic carbocycles. The standard InChI is InChI=1S/C24H19ClN2O3S/c25-17-8-6-16(7-9-17)14-22(28)26-18-10-12-20(13-11-18)31-21-15-23(29)27(24(21)30)19-4-2-1-3-5-19/h1-13,21H,14-15H2,(H,26,28). The molecule has 1 saturated heterocycles. The lowest BCUT2D eigenvalue weighted by molar-refractivity contribution is -0.121. The van der Waals surface area contributed by atoms with E-state index in [-0.39, 0.29) is 30.6 Å². The molecule has 4 rings (SSSR count). The van der Waals surface area contributed by atoms with E-state index in [1.807, 2.05) is 30.3 Å². The van der Waals surface area contributed by atoms with Crippen LogP contribution < -0.4 is 10.2 Å². The lowest BCUT2D eigenvalue weighted by atomic mass is 10.1. The molecule has 0 spiro atoms. The van der Waals surface area contributed by atoms with Crippen molar-refractivity contribution < 1.29 is 14.4 Å². The van der Waals surface area contributed by atoms with Crippen LogP contribution in [0, 0.1) is 0 Å². The van der Waals surface area contributed by atoms with Gasteiger partial charge in [0.1, 0.15) is 0 Å². The van der Waals surface area contributed by atoms with Gasteiger partial charge in [0.25, 0.3) is 0 Å². The number of halogens is 1. The molecule has 1 atom stereocenters. The molecule has 3 amide bonds. The van der Waals surface area contributed by atoms with Crippen molar-refractivity contribution in [3.63, 3.8) is 0 Å². The number of benzene rings is 3. The van der Waals surface area contributed by atoms with Crippen LogP contribution >= 0.6 is 23.4 Å². The smallest absolute Gasteiger partial charge is 0.247 e. The van der Waals surface area contributed by atoms with Crippen molar-refractivity contribution in [1.82, 2.24) is 0 Å². The highest BCUT2D eigenvalue weighted by Crippen LogP contribution is 2.34. The Morgan fingerprint density at radius 1 is 0.968 bits per heavy atom. The summed E-state index contributed by atoms with van der Waals surface area (Å²) >= 11 is 7.22. The largest absolute Gasteiger partial charge is 0.326 e. The van der Waals surface area contributed by atoms with Gasteiger partial charge in [-0.1, -0.05) is 41.9 Å². The predicted octanol–water partition coefficient (Wildman–Crippen LogP) is 4.95. The van der Waals surface area contributed by atoms with Crippen LogP contribution in [0.3, 0.4) is 0 Å². The Morgan fingerprint density at radius 2 is 1.65 bits per heavy atom. The van der Waals surface area contributed by atoms with E-state index in [0.29, 0.717) is 16.4 Å². The molecule has 31 heavy (non-hydrogen) atoms. The predicted molar refractivity (Wildman–Crippen MR) is 123 cm³/mol. The average Bonchev–Trinajstić information content (AvgIpc) is 3.04. The number of hydrogen-bond acceptors (Lipinski definition) is 4. The molecule has 1 aliphatic heterocycles. The van der Waals surface area contributed by atoms with Crippen LogP contribution in [0.15, 0.2) is 83.8 Å². The highest BCUT2D eigenvalue weighted by atomic mass is 35.5. The molecule has 0 aliphatic carbocycles. The third kappa shape index (κ3) is 5.16. The molecule has 156 valence electrons. The fourth-order valence-corrected chi connectivity index (χ4v) is 4.50. The Balaban J connectivity index is 1.35. The van der Waals surface area contributed by atoms with Crippen LogP contribution in [0.1, 0.15) is 12.0 Å². The van der Waals surface area contributed by atoms with Crippen molar-refractivity contribution in [3.05, 3.63) is 89.4 Å².